The van der Waals surface area contributed by atoms with Gasteiger partial charge in [-0.1, -0.05) is 19.1 Å². The Morgan fingerprint density at radius 1 is 1.22 bits per heavy atom. The highest BCUT2D eigenvalue weighted by molar-refractivity contribution is 5.29. The minimum Gasteiger partial charge on any atom is -0.491 e. The second-order valence-corrected chi connectivity index (χ2v) is 4.93. The Kier molecular flexibility index (Phi) is 6.16. The van der Waals surface area contributed by atoms with Crippen molar-refractivity contribution in [2.24, 2.45) is 0 Å². The van der Waals surface area contributed by atoms with Crippen molar-refractivity contribution in [3.05, 3.63) is 29.8 Å². The molecule has 0 fully saturated rings. The number of benzene rings is 1. The summed E-state index contributed by atoms with van der Waals surface area (Å²) in [5, 5.41) is 3.36. The molecule has 1 atom stereocenters. The van der Waals surface area contributed by atoms with Crippen molar-refractivity contribution in [1.82, 2.24) is 10.2 Å². The molecule has 0 spiro atoms. The molecule has 0 aliphatic rings. The first-order valence-corrected chi connectivity index (χ1v) is 6.69. The van der Waals surface area contributed by atoms with Gasteiger partial charge in [-0.2, -0.15) is 0 Å². The third-order valence-corrected chi connectivity index (χ3v) is 3.04. The highest BCUT2D eigenvalue weighted by atomic mass is 16.5. The van der Waals surface area contributed by atoms with Crippen LogP contribution in [-0.4, -0.2) is 38.2 Å². The maximum Gasteiger partial charge on any atom is 0.119 e. The molecule has 0 aliphatic carbocycles. The number of rotatable bonds is 7. The third-order valence-electron chi connectivity index (χ3n) is 3.04. The maximum atomic E-state index is 5.65. The molecule has 0 saturated carbocycles. The number of likely N-dealkylation sites (N-methyl/N-ethyl adjacent to an activating group) is 2. The predicted octanol–water partition coefficient (Wildman–Crippen LogP) is 2.69. The van der Waals surface area contributed by atoms with Gasteiger partial charge in [0, 0.05) is 12.6 Å². The van der Waals surface area contributed by atoms with Crippen LogP contribution in [-0.2, 0) is 0 Å². The van der Waals surface area contributed by atoms with Crippen LogP contribution in [0, 0.1) is 0 Å². The van der Waals surface area contributed by atoms with Gasteiger partial charge in [0.1, 0.15) is 5.75 Å². The van der Waals surface area contributed by atoms with E-state index < -0.39 is 0 Å². The van der Waals surface area contributed by atoms with Gasteiger partial charge in [0.25, 0.3) is 0 Å². The van der Waals surface area contributed by atoms with Crippen LogP contribution in [0.4, 0.5) is 0 Å². The third kappa shape index (κ3) is 4.67. The van der Waals surface area contributed by atoms with Crippen LogP contribution in [0.5, 0.6) is 5.75 Å². The van der Waals surface area contributed by atoms with Crippen molar-refractivity contribution in [3.8, 4) is 5.75 Å². The van der Waals surface area contributed by atoms with Crippen molar-refractivity contribution >= 4 is 0 Å². The first-order valence-electron chi connectivity index (χ1n) is 6.69. The van der Waals surface area contributed by atoms with Crippen molar-refractivity contribution in [3.63, 3.8) is 0 Å². The van der Waals surface area contributed by atoms with E-state index in [2.05, 4.69) is 36.3 Å². The SMILES string of the molecule is CCN(C)CC(NC)c1ccc(OC(C)C)cc1. The zero-order valence-electron chi connectivity index (χ0n) is 12.2. The molecule has 1 aromatic rings. The Balaban J connectivity index is 2.69. The number of ether oxygens (including phenoxy) is 1. The van der Waals surface area contributed by atoms with Gasteiger partial charge in [-0.15, -0.1) is 0 Å². The normalized spacial score (nSPS) is 13.1. The van der Waals surface area contributed by atoms with Crippen molar-refractivity contribution in [1.29, 1.82) is 0 Å². The molecule has 0 heterocycles. The lowest BCUT2D eigenvalue weighted by Gasteiger charge is -2.23. The fourth-order valence-corrected chi connectivity index (χ4v) is 1.86. The number of nitrogens with zero attached hydrogens (tertiary/aromatic N) is 1. The van der Waals surface area contributed by atoms with E-state index in [-0.39, 0.29) is 6.10 Å². The second kappa shape index (κ2) is 7.39. The monoisotopic (exact) mass is 250 g/mol. The van der Waals surface area contributed by atoms with Gasteiger partial charge in [0.2, 0.25) is 0 Å². The average Bonchev–Trinajstić information content (AvgIpc) is 2.36. The Morgan fingerprint density at radius 3 is 2.28 bits per heavy atom. The fourth-order valence-electron chi connectivity index (χ4n) is 1.86. The largest absolute Gasteiger partial charge is 0.491 e. The first kappa shape index (κ1) is 15.0. The van der Waals surface area contributed by atoms with Gasteiger partial charge in [-0.3, -0.25) is 0 Å². The zero-order valence-corrected chi connectivity index (χ0v) is 12.2. The molecular weight excluding hydrogens is 224 g/mol. The lowest BCUT2D eigenvalue weighted by molar-refractivity contribution is 0.242. The van der Waals surface area contributed by atoms with Crippen molar-refractivity contribution in [2.45, 2.75) is 32.9 Å². The van der Waals surface area contributed by atoms with Gasteiger partial charge in [0.15, 0.2) is 0 Å². The molecule has 0 saturated heterocycles. The molecular formula is C15H26N2O. The zero-order chi connectivity index (χ0) is 13.5. The van der Waals surface area contributed by atoms with E-state index in [1.54, 1.807) is 0 Å². The Labute approximate surface area is 111 Å². The van der Waals surface area contributed by atoms with Crippen LogP contribution in [0.3, 0.4) is 0 Å². The first-order chi connectivity index (χ1) is 8.56. The molecule has 1 rings (SSSR count). The standard InChI is InChI=1S/C15H26N2O/c1-6-17(5)11-15(16-4)13-7-9-14(10-8-13)18-12(2)3/h7-10,12,15-16H,6,11H2,1-5H3. The number of nitrogens with one attached hydrogen (secondary N) is 1. The van der Waals surface area contributed by atoms with E-state index in [4.69, 9.17) is 4.74 Å². The summed E-state index contributed by atoms with van der Waals surface area (Å²) in [5.41, 5.74) is 1.30. The lowest BCUT2D eigenvalue weighted by atomic mass is 10.1. The van der Waals surface area contributed by atoms with E-state index in [9.17, 15) is 0 Å². The smallest absolute Gasteiger partial charge is 0.119 e. The molecule has 3 heteroatoms. The molecule has 1 N–H and O–H groups in total. The molecule has 1 unspecified atom stereocenters. The van der Waals surface area contributed by atoms with Crippen molar-refractivity contribution < 1.29 is 4.74 Å². The van der Waals surface area contributed by atoms with Gasteiger partial charge in [0.05, 0.1) is 6.10 Å². The van der Waals surface area contributed by atoms with Crippen molar-refractivity contribution in [2.75, 3.05) is 27.2 Å². The minimum atomic E-state index is 0.224. The van der Waals surface area contributed by atoms with Crippen LogP contribution in [0.1, 0.15) is 32.4 Å². The summed E-state index contributed by atoms with van der Waals surface area (Å²) in [6.07, 6.45) is 0.224. The second-order valence-electron chi connectivity index (χ2n) is 4.93. The Hall–Kier alpha value is -1.06. The minimum absolute atomic E-state index is 0.224. The summed E-state index contributed by atoms with van der Waals surface area (Å²) in [6.45, 7) is 8.33. The van der Waals surface area contributed by atoms with Gasteiger partial charge < -0.3 is 15.0 Å². The summed E-state index contributed by atoms with van der Waals surface area (Å²) in [5.74, 6) is 0.937. The van der Waals surface area contributed by atoms with Gasteiger partial charge in [-0.05, 0) is 52.2 Å². The summed E-state index contributed by atoms with van der Waals surface area (Å²) >= 11 is 0. The van der Waals surface area contributed by atoms with E-state index in [0.29, 0.717) is 6.04 Å². The topological polar surface area (TPSA) is 24.5 Å². The Morgan fingerprint density at radius 2 is 1.83 bits per heavy atom. The summed E-state index contributed by atoms with van der Waals surface area (Å²) < 4.78 is 5.65. The lowest BCUT2D eigenvalue weighted by Crippen LogP contribution is -2.31. The summed E-state index contributed by atoms with van der Waals surface area (Å²) in [4.78, 5) is 2.31. The molecule has 0 radical (unpaired) electrons. The molecule has 0 bridgehead atoms. The van der Waals surface area contributed by atoms with E-state index >= 15 is 0 Å². The molecule has 1 aromatic carbocycles. The van der Waals surface area contributed by atoms with Crippen LogP contribution in [0.2, 0.25) is 0 Å². The highest BCUT2D eigenvalue weighted by Gasteiger charge is 2.11. The summed E-state index contributed by atoms with van der Waals surface area (Å²) in [6, 6.07) is 8.74. The van der Waals surface area contributed by atoms with E-state index in [1.807, 2.05) is 33.0 Å². The Bertz CT molecular complexity index is 335. The molecule has 3 nitrogen and oxygen atoms in total. The quantitative estimate of drug-likeness (QED) is 0.805. The van der Waals surface area contributed by atoms with Crippen LogP contribution < -0.4 is 10.1 Å². The number of hydrogen-bond acceptors (Lipinski definition) is 3. The summed E-state index contributed by atoms with van der Waals surface area (Å²) in [7, 11) is 4.15. The van der Waals surface area contributed by atoms with Crippen LogP contribution >= 0.6 is 0 Å². The molecule has 18 heavy (non-hydrogen) atoms. The predicted molar refractivity (Wildman–Crippen MR) is 77.2 cm³/mol. The van der Waals surface area contributed by atoms with Gasteiger partial charge >= 0.3 is 0 Å². The highest BCUT2D eigenvalue weighted by Crippen LogP contribution is 2.19. The van der Waals surface area contributed by atoms with Crippen LogP contribution in [0.15, 0.2) is 24.3 Å². The van der Waals surface area contributed by atoms with Gasteiger partial charge in [-0.25, -0.2) is 0 Å². The molecule has 0 aromatic heterocycles. The van der Waals surface area contributed by atoms with E-state index in [0.717, 1.165) is 18.8 Å². The van der Waals surface area contributed by atoms with Crippen LogP contribution in [0.25, 0.3) is 0 Å². The molecule has 102 valence electrons. The maximum absolute atomic E-state index is 5.65. The molecule has 0 amide bonds. The van der Waals surface area contributed by atoms with E-state index in [1.165, 1.54) is 5.56 Å². The fraction of sp³-hybridized carbons (Fsp3) is 0.600. The average molecular weight is 250 g/mol. The number of hydrogen-bond donors (Lipinski definition) is 1. The molecule has 0 aliphatic heterocycles.